The summed E-state index contributed by atoms with van der Waals surface area (Å²) in [4.78, 5) is 15.4. The maximum atomic E-state index is 13.1. The van der Waals surface area contributed by atoms with Crippen LogP contribution in [0.3, 0.4) is 0 Å². The summed E-state index contributed by atoms with van der Waals surface area (Å²) >= 11 is 0. The van der Waals surface area contributed by atoms with E-state index in [1.807, 2.05) is 19.3 Å². The van der Waals surface area contributed by atoms with Gasteiger partial charge in [0.2, 0.25) is 0 Å². The highest BCUT2D eigenvalue weighted by Gasteiger charge is 2.33. The number of benzene rings is 1. The Morgan fingerprint density at radius 3 is 2.67 bits per heavy atom. The predicted molar refractivity (Wildman–Crippen MR) is 117 cm³/mol. The Hall–Kier alpha value is -2.48. The number of nitrogens with one attached hydrogen (secondary N) is 1. The van der Waals surface area contributed by atoms with E-state index >= 15 is 0 Å². The summed E-state index contributed by atoms with van der Waals surface area (Å²) in [6.45, 7) is 7.58. The third-order valence-corrected chi connectivity index (χ3v) is 5.85. The van der Waals surface area contributed by atoms with Crippen LogP contribution in [-0.4, -0.2) is 72.0 Å². The van der Waals surface area contributed by atoms with Gasteiger partial charge in [-0.3, -0.25) is 9.69 Å². The van der Waals surface area contributed by atoms with Gasteiger partial charge in [-0.15, -0.1) is 0 Å². The van der Waals surface area contributed by atoms with Crippen LogP contribution >= 0.6 is 0 Å². The molecule has 1 aromatic heterocycles. The highest BCUT2D eigenvalue weighted by molar-refractivity contribution is 6.02. The normalized spacial score (nSPS) is 19.9. The first kappa shape index (κ1) is 20.8. The molecule has 7 heteroatoms. The van der Waals surface area contributed by atoms with E-state index in [4.69, 9.17) is 9.84 Å². The molecule has 1 amide bonds. The van der Waals surface area contributed by atoms with Gasteiger partial charge >= 0.3 is 0 Å². The molecule has 1 N–H and O–H groups in total. The molecular weight excluding hydrogens is 378 g/mol. The smallest absolute Gasteiger partial charge is 0.257 e. The molecule has 0 unspecified atom stereocenters. The molecule has 1 saturated heterocycles. The third kappa shape index (κ3) is 4.80. The van der Waals surface area contributed by atoms with Crippen LogP contribution in [0.1, 0.15) is 29.3 Å². The van der Waals surface area contributed by atoms with Crippen molar-refractivity contribution in [1.29, 1.82) is 0 Å². The Morgan fingerprint density at radius 2 is 1.97 bits per heavy atom. The highest BCUT2D eigenvalue weighted by atomic mass is 16.5. The number of aromatic nitrogens is 1. The first-order chi connectivity index (χ1) is 14.6. The predicted octanol–water partition coefficient (Wildman–Crippen LogP) is 1.93. The SMILES string of the molecule is Cc1ccc([C@H]2CC(c3cccn3C)=NN2C(=O)CNCCN2CCOCC2)cc1. The standard InChI is InChI=1S/C23H31N5O2/c1-18-5-7-19(8-6-18)22-16-20(21-4-3-10-26(21)2)25-28(22)23(29)17-24-9-11-27-12-14-30-15-13-27/h3-8,10,22,24H,9,11-17H2,1-2H3/t22-/m1/s1. The number of hydrazone groups is 1. The van der Waals surface area contributed by atoms with Crippen molar-refractivity contribution in [2.45, 2.75) is 19.4 Å². The number of hydrogen-bond donors (Lipinski definition) is 1. The zero-order valence-corrected chi connectivity index (χ0v) is 17.9. The fourth-order valence-electron chi connectivity index (χ4n) is 4.04. The van der Waals surface area contributed by atoms with Crippen LogP contribution in [-0.2, 0) is 16.6 Å². The molecule has 2 aromatic rings. The van der Waals surface area contributed by atoms with Gasteiger partial charge in [0.15, 0.2) is 0 Å². The first-order valence-corrected chi connectivity index (χ1v) is 10.7. The van der Waals surface area contributed by atoms with Crippen LogP contribution in [0, 0.1) is 6.92 Å². The lowest BCUT2D eigenvalue weighted by molar-refractivity contribution is -0.132. The number of carbonyl (C=O) groups is 1. The summed E-state index contributed by atoms with van der Waals surface area (Å²) < 4.78 is 7.44. The second kappa shape index (κ2) is 9.55. The number of ether oxygens (including phenoxy) is 1. The van der Waals surface area contributed by atoms with Crippen molar-refractivity contribution < 1.29 is 9.53 Å². The van der Waals surface area contributed by atoms with Crippen LogP contribution in [0.15, 0.2) is 47.7 Å². The average Bonchev–Trinajstić information content (AvgIpc) is 3.39. The molecule has 30 heavy (non-hydrogen) atoms. The van der Waals surface area contributed by atoms with E-state index in [1.165, 1.54) is 5.56 Å². The number of hydrogen-bond acceptors (Lipinski definition) is 5. The lowest BCUT2D eigenvalue weighted by Gasteiger charge is -2.26. The van der Waals surface area contributed by atoms with E-state index in [0.29, 0.717) is 0 Å². The lowest BCUT2D eigenvalue weighted by Crippen LogP contribution is -2.42. The van der Waals surface area contributed by atoms with E-state index in [0.717, 1.165) is 62.8 Å². The van der Waals surface area contributed by atoms with Crippen LogP contribution in [0.4, 0.5) is 0 Å². The van der Waals surface area contributed by atoms with Gasteiger partial charge in [0, 0.05) is 45.8 Å². The molecule has 0 saturated carbocycles. The maximum absolute atomic E-state index is 13.1. The minimum atomic E-state index is -0.0657. The largest absolute Gasteiger partial charge is 0.379 e. The van der Waals surface area contributed by atoms with Crippen molar-refractivity contribution in [3.05, 3.63) is 59.4 Å². The number of carbonyl (C=O) groups excluding carboxylic acids is 1. The van der Waals surface area contributed by atoms with Gasteiger partial charge in [-0.25, -0.2) is 5.01 Å². The topological polar surface area (TPSA) is 62.1 Å². The van der Waals surface area contributed by atoms with Crippen molar-refractivity contribution in [2.24, 2.45) is 12.1 Å². The van der Waals surface area contributed by atoms with Crippen molar-refractivity contribution in [3.63, 3.8) is 0 Å². The van der Waals surface area contributed by atoms with Gasteiger partial charge in [-0.2, -0.15) is 5.10 Å². The molecule has 2 aliphatic heterocycles. The van der Waals surface area contributed by atoms with E-state index in [2.05, 4.69) is 52.0 Å². The summed E-state index contributed by atoms with van der Waals surface area (Å²) in [6, 6.07) is 12.4. The zero-order chi connectivity index (χ0) is 20.9. The minimum absolute atomic E-state index is 0.00626. The molecule has 1 aromatic carbocycles. The van der Waals surface area contributed by atoms with Crippen LogP contribution in [0.5, 0.6) is 0 Å². The quantitative estimate of drug-likeness (QED) is 0.710. The van der Waals surface area contributed by atoms with E-state index < -0.39 is 0 Å². The Morgan fingerprint density at radius 1 is 1.20 bits per heavy atom. The molecule has 0 bridgehead atoms. The number of morpholine rings is 1. The summed E-state index contributed by atoms with van der Waals surface area (Å²) in [6.07, 6.45) is 2.73. The third-order valence-electron chi connectivity index (χ3n) is 5.85. The second-order valence-electron chi connectivity index (χ2n) is 8.05. The molecule has 0 aliphatic carbocycles. The average molecular weight is 410 g/mol. The molecule has 3 heterocycles. The molecule has 4 rings (SSSR count). The van der Waals surface area contributed by atoms with Crippen molar-refractivity contribution >= 4 is 11.6 Å². The maximum Gasteiger partial charge on any atom is 0.257 e. The fourth-order valence-corrected chi connectivity index (χ4v) is 4.04. The van der Waals surface area contributed by atoms with Gasteiger partial charge in [0.05, 0.1) is 37.2 Å². The second-order valence-corrected chi connectivity index (χ2v) is 8.05. The lowest BCUT2D eigenvalue weighted by atomic mass is 9.99. The molecule has 160 valence electrons. The minimum Gasteiger partial charge on any atom is -0.379 e. The Bertz CT molecular complexity index is 883. The number of aryl methyl sites for hydroxylation is 2. The number of nitrogens with zero attached hydrogens (tertiary/aromatic N) is 4. The van der Waals surface area contributed by atoms with Crippen LogP contribution in [0.2, 0.25) is 0 Å². The zero-order valence-electron chi connectivity index (χ0n) is 17.9. The first-order valence-electron chi connectivity index (χ1n) is 10.7. The molecule has 0 radical (unpaired) electrons. The highest BCUT2D eigenvalue weighted by Crippen LogP contribution is 2.32. The summed E-state index contributed by atoms with van der Waals surface area (Å²) in [5, 5.41) is 9.73. The van der Waals surface area contributed by atoms with Crippen LogP contribution in [0.25, 0.3) is 0 Å². The monoisotopic (exact) mass is 409 g/mol. The molecular formula is C23H31N5O2. The van der Waals surface area contributed by atoms with Crippen molar-refractivity contribution in [2.75, 3.05) is 45.9 Å². The molecule has 7 nitrogen and oxygen atoms in total. The molecule has 2 aliphatic rings. The van der Waals surface area contributed by atoms with Gasteiger partial charge in [-0.05, 0) is 24.6 Å². The number of amides is 1. The van der Waals surface area contributed by atoms with Crippen molar-refractivity contribution in [3.8, 4) is 0 Å². The Kier molecular flexibility index (Phi) is 6.62. The molecule has 0 spiro atoms. The summed E-state index contributed by atoms with van der Waals surface area (Å²) in [7, 11) is 2.01. The summed E-state index contributed by atoms with van der Waals surface area (Å²) in [5.74, 6) is 0.00626. The van der Waals surface area contributed by atoms with E-state index in [9.17, 15) is 4.79 Å². The molecule has 1 atom stereocenters. The van der Waals surface area contributed by atoms with Gasteiger partial charge in [-0.1, -0.05) is 29.8 Å². The van der Waals surface area contributed by atoms with Crippen molar-refractivity contribution in [1.82, 2.24) is 19.8 Å². The van der Waals surface area contributed by atoms with Gasteiger partial charge in [0.25, 0.3) is 5.91 Å². The summed E-state index contributed by atoms with van der Waals surface area (Å²) in [5.41, 5.74) is 4.34. The van der Waals surface area contributed by atoms with Gasteiger partial charge in [0.1, 0.15) is 0 Å². The fraction of sp³-hybridized carbons (Fsp3) is 0.478. The van der Waals surface area contributed by atoms with E-state index in [-0.39, 0.29) is 18.5 Å². The Balaban J connectivity index is 1.42. The Labute approximate surface area is 178 Å². The number of rotatable bonds is 7. The van der Waals surface area contributed by atoms with E-state index in [1.54, 1.807) is 5.01 Å². The molecule has 1 fully saturated rings. The van der Waals surface area contributed by atoms with Gasteiger partial charge < -0.3 is 14.6 Å². The van der Waals surface area contributed by atoms with Crippen LogP contribution < -0.4 is 5.32 Å².